The van der Waals surface area contributed by atoms with Gasteiger partial charge in [-0.2, -0.15) is 5.10 Å². The third-order valence-corrected chi connectivity index (χ3v) is 3.55. The standard InChI is InChI=1S/C20H17N3O/c1-15-6-5-9-18(14-15)20(24)23-22-19(16-7-3-2-4-8-16)17-10-12-21-13-11-17/h2-14H,1H3,(H,23,24). The Kier molecular flexibility index (Phi) is 4.77. The average Bonchev–Trinajstić information content (AvgIpc) is 2.63. The van der Waals surface area contributed by atoms with Crippen LogP contribution in [0.4, 0.5) is 0 Å². The van der Waals surface area contributed by atoms with Crippen molar-refractivity contribution in [3.8, 4) is 0 Å². The van der Waals surface area contributed by atoms with Crippen molar-refractivity contribution in [3.05, 3.63) is 101 Å². The molecule has 0 saturated heterocycles. The van der Waals surface area contributed by atoms with E-state index < -0.39 is 0 Å². The zero-order valence-electron chi connectivity index (χ0n) is 13.3. The molecule has 1 heterocycles. The zero-order chi connectivity index (χ0) is 16.8. The lowest BCUT2D eigenvalue weighted by Crippen LogP contribution is -2.20. The number of hydrogen-bond donors (Lipinski definition) is 1. The van der Waals surface area contributed by atoms with Gasteiger partial charge in [-0.05, 0) is 31.2 Å². The molecular weight excluding hydrogens is 298 g/mol. The van der Waals surface area contributed by atoms with Crippen molar-refractivity contribution < 1.29 is 4.79 Å². The second-order valence-electron chi connectivity index (χ2n) is 5.37. The molecule has 0 aliphatic rings. The molecule has 2 aromatic carbocycles. The predicted octanol–water partition coefficient (Wildman–Crippen LogP) is 3.57. The fourth-order valence-electron chi connectivity index (χ4n) is 2.36. The Morgan fingerprint density at radius 1 is 0.875 bits per heavy atom. The molecule has 118 valence electrons. The molecule has 0 bridgehead atoms. The van der Waals surface area contributed by atoms with E-state index in [2.05, 4.69) is 15.5 Å². The summed E-state index contributed by atoms with van der Waals surface area (Å²) in [6.45, 7) is 1.95. The fraction of sp³-hybridized carbons (Fsp3) is 0.0500. The number of hydrogen-bond acceptors (Lipinski definition) is 3. The topological polar surface area (TPSA) is 54.4 Å². The maximum absolute atomic E-state index is 12.3. The molecule has 0 saturated carbocycles. The molecule has 24 heavy (non-hydrogen) atoms. The van der Waals surface area contributed by atoms with Crippen molar-refractivity contribution in [3.63, 3.8) is 0 Å². The number of hydrazone groups is 1. The molecule has 0 radical (unpaired) electrons. The zero-order valence-corrected chi connectivity index (χ0v) is 13.3. The van der Waals surface area contributed by atoms with Gasteiger partial charge in [-0.1, -0.05) is 48.0 Å². The number of carbonyl (C=O) groups is 1. The maximum Gasteiger partial charge on any atom is 0.271 e. The van der Waals surface area contributed by atoms with Crippen molar-refractivity contribution in [2.45, 2.75) is 6.92 Å². The minimum atomic E-state index is -0.235. The number of nitrogens with one attached hydrogen (secondary N) is 1. The van der Waals surface area contributed by atoms with Gasteiger partial charge in [0.2, 0.25) is 0 Å². The Morgan fingerprint density at radius 3 is 2.25 bits per heavy atom. The van der Waals surface area contributed by atoms with Gasteiger partial charge in [-0.3, -0.25) is 9.78 Å². The molecule has 3 rings (SSSR count). The molecule has 1 aromatic heterocycles. The first-order valence-electron chi connectivity index (χ1n) is 7.64. The molecule has 4 heteroatoms. The van der Waals surface area contributed by atoms with Crippen LogP contribution in [0.3, 0.4) is 0 Å². The molecule has 3 aromatic rings. The highest BCUT2D eigenvalue weighted by atomic mass is 16.2. The van der Waals surface area contributed by atoms with Gasteiger partial charge in [-0.25, -0.2) is 5.43 Å². The molecule has 1 amide bonds. The van der Waals surface area contributed by atoms with E-state index in [9.17, 15) is 4.79 Å². The second kappa shape index (κ2) is 7.33. The van der Waals surface area contributed by atoms with Crippen LogP contribution in [0.15, 0.2) is 84.2 Å². The van der Waals surface area contributed by atoms with Crippen molar-refractivity contribution in [1.82, 2.24) is 10.4 Å². The van der Waals surface area contributed by atoms with Crippen LogP contribution in [-0.2, 0) is 0 Å². The van der Waals surface area contributed by atoms with Gasteiger partial charge in [0.25, 0.3) is 5.91 Å². The first-order chi connectivity index (χ1) is 11.7. The summed E-state index contributed by atoms with van der Waals surface area (Å²) in [6.07, 6.45) is 3.41. The van der Waals surface area contributed by atoms with Gasteiger partial charge in [-0.15, -0.1) is 0 Å². The Hall–Kier alpha value is -3.27. The molecule has 0 aliphatic carbocycles. The third-order valence-electron chi connectivity index (χ3n) is 3.55. The quantitative estimate of drug-likeness (QED) is 0.591. The Morgan fingerprint density at radius 2 is 1.54 bits per heavy atom. The minimum Gasteiger partial charge on any atom is -0.267 e. The number of amides is 1. The minimum absolute atomic E-state index is 0.235. The predicted molar refractivity (Wildman–Crippen MR) is 95.0 cm³/mol. The monoisotopic (exact) mass is 315 g/mol. The molecule has 0 fully saturated rings. The van der Waals surface area contributed by atoms with Gasteiger partial charge >= 0.3 is 0 Å². The number of benzene rings is 2. The number of aryl methyl sites for hydroxylation is 1. The van der Waals surface area contributed by atoms with Crippen LogP contribution in [-0.4, -0.2) is 16.6 Å². The maximum atomic E-state index is 12.3. The molecule has 1 N–H and O–H groups in total. The van der Waals surface area contributed by atoms with E-state index in [0.29, 0.717) is 11.3 Å². The average molecular weight is 315 g/mol. The summed E-state index contributed by atoms with van der Waals surface area (Å²) in [5.74, 6) is -0.235. The first kappa shape index (κ1) is 15.6. The van der Waals surface area contributed by atoms with Crippen LogP contribution < -0.4 is 5.43 Å². The summed E-state index contributed by atoms with van der Waals surface area (Å²) in [7, 11) is 0. The molecule has 4 nitrogen and oxygen atoms in total. The summed E-state index contributed by atoms with van der Waals surface area (Å²) in [5.41, 5.74) is 6.77. The van der Waals surface area contributed by atoms with Crippen LogP contribution in [0.5, 0.6) is 0 Å². The van der Waals surface area contributed by atoms with Gasteiger partial charge in [0.15, 0.2) is 0 Å². The Balaban J connectivity index is 1.91. The van der Waals surface area contributed by atoms with Crippen LogP contribution in [0.25, 0.3) is 0 Å². The number of nitrogens with zero attached hydrogens (tertiary/aromatic N) is 2. The van der Waals surface area contributed by atoms with E-state index in [-0.39, 0.29) is 5.91 Å². The van der Waals surface area contributed by atoms with E-state index in [1.54, 1.807) is 18.5 Å². The van der Waals surface area contributed by atoms with E-state index >= 15 is 0 Å². The number of pyridine rings is 1. The summed E-state index contributed by atoms with van der Waals surface area (Å²) in [5, 5.41) is 4.36. The van der Waals surface area contributed by atoms with Gasteiger partial charge < -0.3 is 0 Å². The van der Waals surface area contributed by atoms with E-state index in [0.717, 1.165) is 16.7 Å². The largest absolute Gasteiger partial charge is 0.271 e. The number of carbonyl (C=O) groups excluding carboxylic acids is 1. The highest BCUT2D eigenvalue weighted by molar-refractivity contribution is 6.13. The fourth-order valence-corrected chi connectivity index (χ4v) is 2.36. The molecule has 0 spiro atoms. The lowest BCUT2D eigenvalue weighted by Gasteiger charge is -2.08. The van der Waals surface area contributed by atoms with Crippen LogP contribution in [0.2, 0.25) is 0 Å². The highest BCUT2D eigenvalue weighted by Crippen LogP contribution is 2.10. The van der Waals surface area contributed by atoms with Crippen LogP contribution >= 0.6 is 0 Å². The molecule has 0 aliphatic heterocycles. The molecule has 0 atom stereocenters. The summed E-state index contributed by atoms with van der Waals surface area (Å²) < 4.78 is 0. The van der Waals surface area contributed by atoms with Gasteiger partial charge in [0, 0.05) is 29.1 Å². The summed E-state index contributed by atoms with van der Waals surface area (Å²) >= 11 is 0. The Labute approximate surface area is 140 Å². The second-order valence-corrected chi connectivity index (χ2v) is 5.37. The molecule has 0 unspecified atom stereocenters. The van der Waals surface area contributed by atoms with Crippen molar-refractivity contribution in [2.24, 2.45) is 5.10 Å². The Bertz CT molecular complexity index is 817. The SMILES string of the molecule is Cc1cccc(C(=O)NN=C(c2ccccc2)c2ccncc2)c1. The summed E-state index contributed by atoms with van der Waals surface area (Å²) in [6, 6.07) is 20.9. The van der Waals surface area contributed by atoms with Crippen LogP contribution in [0.1, 0.15) is 27.0 Å². The normalized spacial score (nSPS) is 11.1. The smallest absolute Gasteiger partial charge is 0.267 e. The van der Waals surface area contributed by atoms with E-state index in [4.69, 9.17) is 0 Å². The summed E-state index contributed by atoms with van der Waals surface area (Å²) in [4.78, 5) is 16.4. The van der Waals surface area contributed by atoms with Crippen molar-refractivity contribution in [1.29, 1.82) is 0 Å². The molecular formula is C20H17N3O. The van der Waals surface area contributed by atoms with Crippen molar-refractivity contribution >= 4 is 11.6 Å². The van der Waals surface area contributed by atoms with E-state index in [1.807, 2.05) is 67.6 Å². The first-order valence-corrected chi connectivity index (χ1v) is 7.64. The third kappa shape index (κ3) is 3.73. The van der Waals surface area contributed by atoms with Gasteiger partial charge in [0.05, 0.1) is 5.71 Å². The lowest BCUT2D eigenvalue weighted by atomic mass is 10.0. The van der Waals surface area contributed by atoms with Crippen molar-refractivity contribution in [2.75, 3.05) is 0 Å². The number of aromatic nitrogens is 1. The highest BCUT2D eigenvalue weighted by Gasteiger charge is 2.09. The number of rotatable bonds is 4. The van der Waals surface area contributed by atoms with Gasteiger partial charge in [0.1, 0.15) is 0 Å². The van der Waals surface area contributed by atoms with E-state index in [1.165, 1.54) is 0 Å². The lowest BCUT2D eigenvalue weighted by molar-refractivity contribution is 0.0955. The van der Waals surface area contributed by atoms with Crippen LogP contribution in [0, 0.1) is 6.92 Å².